The van der Waals surface area contributed by atoms with Crippen LogP contribution in [0.3, 0.4) is 0 Å². The van der Waals surface area contributed by atoms with E-state index in [4.69, 9.17) is 37.9 Å². The summed E-state index contributed by atoms with van der Waals surface area (Å²) in [6.45, 7) is 16.5. The van der Waals surface area contributed by atoms with Gasteiger partial charge in [0.25, 0.3) is 11.8 Å². The average Bonchev–Trinajstić information content (AvgIpc) is 3.71. The van der Waals surface area contributed by atoms with Crippen LogP contribution in [0, 0.1) is 29.6 Å². The first-order valence-electron chi connectivity index (χ1n) is 23.2. The van der Waals surface area contributed by atoms with Gasteiger partial charge in [0.05, 0.1) is 58.8 Å². The number of ketones is 1. The summed E-state index contributed by atoms with van der Waals surface area (Å²) < 4.78 is 51.2. The number of imide groups is 1. The molecule has 366 valence electrons. The van der Waals surface area contributed by atoms with Crippen LogP contribution in [0.2, 0.25) is 0 Å². The fourth-order valence-corrected chi connectivity index (χ4v) is 11.1. The van der Waals surface area contributed by atoms with Gasteiger partial charge in [-0.15, -0.1) is 0 Å². The minimum Gasteiger partial charge on any atom is -0.458 e. The summed E-state index contributed by atoms with van der Waals surface area (Å²) in [5.74, 6) is -5.76. The second-order valence-electron chi connectivity index (χ2n) is 20.0. The van der Waals surface area contributed by atoms with E-state index in [9.17, 15) is 34.5 Å². The summed E-state index contributed by atoms with van der Waals surface area (Å²) >= 11 is 0. The van der Waals surface area contributed by atoms with Crippen molar-refractivity contribution in [3.63, 3.8) is 0 Å². The van der Waals surface area contributed by atoms with Gasteiger partial charge in [0.1, 0.15) is 29.7 Å². The van der Waals surface area contributed by atoms with Crippen LogP contribution < -0.4 is 0 Å². The Morgan fingerprint density at radius 2 is 1.43 bits per heavy atom. The molecule has 4 fully saturated rings. The van der Waals surface area contributed by atoms with E-state index in [-0.39, 0.29) is 49.1 Å². The number of amides is 2. The molecule has 2 amide bonds. The maximum Gasteiger partial charge on any atom is 0.311 e. The second-order valence-corrected chi connectivity index (χ2v) is 20.0. The van der Waals surface area contributed by atoms with Crippen LogP contribution >= 0.6 is 0 Å². The van der Waals surface area contributed by atoms with Gasteiger partial charge in [0.15, 0.2) is 12.6 Å². The lowest BCUT2D eigenvalue weighted by Crippen LogP contribution is -2.61. The molecule has 0 radical (unpaired) electrons. The van der Waals surface area contributed by atoms with Crippen LogP contribution in [0.25, 0.3) is 0 Å². The number of rotatable bonds is 12. The number of esters is 1. The lowest BCUT2D eigenvalue weighted by molar-refractivity contribution is -0.321. The number of hydrogen-bond donors (Lipinski definition) is 3. The fourth-order valence-electron chi connectivity index (χ4n) is 11.1. The number of methoxy groups -OCH3 is 3. The fraction of sp³-hybridized carbons (Fsp3) is 0.792. The third kappa shape index (κ3) is 9.72. The van der Waals surface area contributed by atoms with Gasteiger partial charge in [0, 0.05) is 64.0 Å². The molecule has 17 nitrogen and oxygen atoms in total. The number of carbonyl (C=O) groups is 4. The van der Waals surface area contributed by atoms with E-state index < -0.39 is 108 Å². The topological polar surface area (TPSA) is 209 Å². The van der Waals surface area contributed by atoms with E-state index in [1.54, 1.807) is 72.9 Å². The number of fused-ring (bicyclic) bond motifs is 2. The van der Waals surface area contributed by atoms with Crippen LogP contribution in [0.1, 0.15) is 109 Å². The number of nitrogens with zero attached hydrogens (tertiary/aromatic N) is 2. The Bertz CT molecular complexity index is 1850. The highest BCUT2D eigenvalue weighted by Crippen LogP contribution is 2.52. The van der Waals surface area contributed by atoms with Gasteiger partial charge in [-0.3, -0.25) is 24.1 Å². The largest absolute Gasteiger partial charge is 0.458 e. The lowest BCUT2D eigenvalue weighted by Gasteiger charge is -2.50. The quantitative estimate of drug-likeness (QED) is 0.203. The third-order valence-electron chi connectivity index (χ3n) is 15.6. The smallest absolute Gasteiger partial charge is 0.311 e. The molecule has 0 spiro atoms. The van der Waals surface area contributed by atoms with Crippen LogP contribution in [-0.4, -0.2) is 174 Å². The number of aliphatic hydroxyl groups excluding tert-OH is 2. The number of carbonyl (C=O) groups excluding carboxylic acids is 4. The van der Waals surface area contributed by atoms with Gasteiger partial charge in [-0.2, -0.15) is 0 Å². The molecule has 4 aliphatic heterocycles. The summed E-state index contributed by atoms with van der Waals surface area (Å²) in [6, 6.07) is 6.57. The van der Waals surface area contributed by atoms with Gasteiger partial charge >= 0.3 is 5.97 Å². The summed E-state index contributed by atoms with van der Waals surface area (Å²) in [5, 5.41) is 34.2. The van der Waals surface area contributed by atoms with Gasteiger partial charge < -0.3 is 58.1 Å². The Kier molecular flexibility index (Phi) is 15.8. The minimum absolute atomic E-state index is 0.101. The monoisotopic (exact) mass is 919 g/mol. The van der Waals surface area contributed by atoms with Crippen LogP contribution in [0.15, 0.2) is 24.3 Å². The molecule has 17 heteroatoms. The molecule has 0 bridgehead atoms. The Morgan fingerprint density at radius 1 is 0.815 bits per heavy atom. The number of aliphatic hydroxyl groups is 3. The van der Waals surface area contributed by atoms with Gasteiger partial charge in [-0.05, 0) is 79.6 Å². The van der Waals surface area contributed by atoms with Crippen molar-refractivity contribution in [3.05, 3.63) is 35.4 Å². The van der Waals surface area contributed by atoms with E-state index in [1.807, 2.05) is 27.8 Å². The maximum atomic E-state index is 14.3. The first kappa shape index (κ1) is 51.5. The second kappa shape index (κ2) is 20.0. The van der Waals surface area contributed by atoms with Crippen molar-refractivity contribution in [1.82, 2.24) is 9.80 Å². The highest BCUT2D eigenvalue weighted by molar-refractivity contribution is 6.21. The standard InChI is InChI=1S/C48H74N2O15/c1-24-22-47(9,60-13)40(65-45-37(58-11)33(21-25(2)61-45)49(10)19-16-20-50-42(54)31-17-14-15-18-32(31)43(50)55)27(4)36(63-34-23-46(8,59-12)39(53)30(7)62-34)28(5)44(56)64-41-29(6)48(41,57)38(52)26(3)35(24)51/h14-15,17-18,24-30,33-34,36-41,45,52-53,57H,16,19-23H2,1-13H3/t24-,25-,26+,27+,28-,29?,30+,33+,34+,36+,37-,38-,39+,40-,41-,45+,46-,47+,48+/m1/s1. The molecule has 1 aromatic carbocycles. The number of hydrogen-bond acceptors (Lipinski definition) is 16. The molecule has 6 rings (SSSR count). The van der Waals surface area contributed by atoms with Crippen molar-refractivity contribution >= 4 is 23.6 Å². The first-order valence-corrected chi connectivity index (χ1v) is 23.2. The van der Waals surface area contributed by atoms with Crippen LogP contribution in [-0.2, 0) is 47.5 Å². The Morgan fingerprint density at radius 3 is 2.02 bits per heavy atom. The van der Waals surface area contributed by atoms with Crippen LogP contribution in [0.5, 0.6) is 0 Å². The van der Waals surface area contributed by atoms with E-state index >= 15 is 0 Å². The van der Waals surface area contributed by atoms with Gasteiger partial charge in [0.2, 0.25) is 0 Å². The molecule has 1 saturated carbocycles. The molecule has 0 aromatic heterocycles. The number of ether oxygens (including phenoxy) is 8. The maximum absolute atomic E-state index is 14.3. The SMILES string of the molecule is CO[C@H]1[C@H](O[C@@H]2[C@@H](C)[C@H](O[C@H]3C[C@@](C)(OC)[C@@H](O)[C@H](C)O3)[C@@H](C)C(=O)O[C@@H]3C(C)[C@]3(O)[C@H](O)[C@@H](C)C(=O)[C@H](C)C[C@]2(C)OC)O[C@H](C)C[C@@H]1N(C)CCCN1C(=O)c2ccccc2C1=O. The molecule has 1 unspecified atom stereocenters. The lowest BCUT2D eigenvalue weighted by atomic mass is 9.75. The molecule has 19 atom stereocenters. The average molecular weight is 919 g/mol. The molecule has 65 heavy (non-hydrogen) atoms. The van der Waals surface area contributed by atoms with E-state index in [1.165, 1.54) is 19.1 Å². The molecular formula is C48H74N2O15. The summed E-state index contributed by atoms with van der Waals surface area (Å²) in [7, 11) is 6.56. The molecule has 1 aromatic rings. The minimum atomic E-state index is -1.84. The first-order chi connectivity index (χ1) is 30.5. The zero-order chi connectivity index (χ0) is 48.1. The molecule has 4 heterocycles. The van der Waals surface area contributed by atoms with Crippen molar-refractivity contribution in [2.45, 2.75) is 172 Å². The zero-order valence-electron chi connectivity index (χ0n) is 40.4. The molecular weight excluding hydrogens is 845 g/mol. The van der Waals surface area contributed by atoms with Crippen LogP contribution in [0.4, 0.5) is 0 Å². The summed E-state index contributed by atoms with van der Waals surface area (Å²) in [6.07, 6.45) is -7.98. The predicted octanol–water partition coefficient (Wildman–Crippen LogP) is 3.37. The van der Waals surface area contributed by atoms with E-state index in [0.717, 1.165) is 0 Å². The predicted molar refractivity (Wildman–Crippen MR) is 234 cm³/mol. The van der Waals surface area contributed by atoms with Crippen molar-refractivity contribution in [2.75, 3.05) is 41.5 Å². The van der Waals surface area contributed by atoms with E-state index in [2.05, 4.69) is 4.90 Å². The van der Waals surface area contributed by atoms with Crippen molar-refractivity contribution < 1.29 is 72.4 Å². The number of Topliss-reactive ketones (excluding diaryl/α,β-unsaturated/α-hetero) is 1. The van der Waals surface area contributed by atoms with Crippen molar-refractivity contribution in [3.8, 4) is 0 Å². The Hall–Kier alpha value is -2.94. The Labute approximate surface area is 383 Å². The van der Waals surface area contributed by atoms with Crippen molar-refractivity contribution in [2.24, 2.45) is 29.6 Å². The zero-order valence-corrected chi connectivity index (χ0v) is 40.4. The highest BCUT2D eigenvalue weighted by atomic mass is 16.7. The molecule has 3 saturated heterocycles. The number of likely N-dealkylation sites (N-methyl/N-ethyl adjacent to an activating group) is 1. The summed E-state index contributed by atoms with van der Waals surface area (Å²) in [5.41, 5.74) is -3.37. The Balaban J connectivity index is 1.32. The molecule has 5 aliphatic rings. The normalized spacial score (nSPS) is 44.1. The third-order valence-corrected chi connectivity index (χ3v) is 15.6. The van der Waals surface area contributed by atoms with Gasteiger partial charge in [-0.1, -0.05) is 39.8 Å². The van der Waals surface area contributed by atoms with E-state index in [0.29, 0.717) is 30.5 Å². The highest BCUT2D eigenvalue weighted by Gasteiger charge is 2.70. The van der Waals surface area contributed by atoms with Crippen molar-refractivity contribution in [1.29, 1.82) is 0 Å². The number of benzene rings is 1. The van der Waals surface area contributed by atoms with Gasteiger partial charge in [-0.25, -0.2) is 0 Å². The molecule has 3 N–H and O–H groups in total. The summed E-state index contributed by atoms with van der Waals surface area (Å²) in [4.78, 5) is 58.1. The molecule has 1 aliphatic carbocycles.